The monoisotopic (exact) mass is 376 g/mol. The van der Waals surface area contributed by atoms with Crippen molar-refractivity contribution in [3.8, 4) is 0 Å². The van der Waals surface area contributed by atoms with Gasteiger partial charge in [-0.3, -0.25) is 9.59 Å². The van der Waals surface area contributed by atoms with E-state index in [4.69, 9.17) is 0 Å². The average Bonchev–Trinajstić information content (AvgIpc) is 2.64. The zero-order valence-electron chi connectivity index (χ0n) is 14.7. The number of nitrogens with one attached hydrogen (secondary N) is 1. The largest absolute Gasteiger partial charge is 0.471 e. The van der Waals surface area contributed by atoms with E-state index in [9.17, 15) is 22.8 Å². The molecule has 0 bridgehead atoms. The minimum Gasteiger partial charge on any atom is -0.331 e. The number of amides is 2. The lowest BCUT2D eigenvalue weighted by Gasteiger charge is -2.22. The summed E-state index contributed by atoms with van der Waals surface area (Å²) in [6.07, 6.45) is -1.89. The summed E-state index contributed by atoms with van der Waals surface area (Å²) in [6.45, 7) is 1.21. The molecule has 0 fully saturated rings. The van der Waals surface area contributed by atoms with E-state index in [0.717, 1.165) is 5.56 Å². The van der Waals surface area contributed by atoms with Crippen LogP contribution in [0.1, 0.15) is 18.1 Å². The van der Waals surface area contributed by atoms with Crippen LogP contribution in [0.2, 0.25) is 0 Å². The molecule has 0 atom stereocenters. The van der Waals surface area contributed by atoms with Crippen LogP contribution in [0.3, 0.4) is 0 Å². The van der Waals surface area contributed by atoms with Gasteiger partial charge in [-0.1, -0.05) is 42.5 Å². The molecule has 1 N–H and O–H groups in total. The number of halogens is 3. The number of carbonyl (C=O) groups is 2. The Morgan fingerprint density at radius 2 is 1.78 bits per heavy atom. The average molecular weight is 376 g/mol. The first-order chi connectivity index (χ1) is 12.8. The van der Waals surface area contributed by atoms with Crippen LogP contribution in [0.4, 0.5) is 18.9 Å². The van der Waals surface area contributed by atoms with E-state index < -0.39 is 12.1 Å². The number of rotatable bonds is 6. The Labute approximate surface area is 155 Å². The molecule has 0 spiro atoms. The number of benzene rings is 2. The second kappa shape index (κ2) is 9.02. The normalized spacial score (nSPS) is 11.4. The van der Waals surface area contributed by atoms with Crippen molar-refractivity contribution in [3.63, 3.8) is 0 Å². The summed E-state index contributed by atoms with van der Waals surface area (Å²) in [7, 11) is 0. The maximum Gasteiger partial charge on any atom is 0.471 e. The predicted molar refractivity (Wildman–Crippen MR) is 97.7 cm³/mol. The van der Waals surface area contributed by atoms with Crippen LogP contribution in [0.5, 0.6) is 0 Å². The van der Waals surface area contributed by atoms with Crippen molar-refractivity contribution < 1.29 is 22.8 Å². The highest BCUT2D eigenvalue weighted by Gasteiger charge is 2.41. The van der Waals surface area contributed by atoms with Crippen molar-refractivity contribution in [1.82, 2.24) is 4.90 Å². The highest BCUT2D eigenvalue weighted by Crippen LogP contribution is 2.21. The van der Waals surface area contributed by atoms with Gasteiger partial charge >= 0.3 is 12.1 Å². The molecular weight excluding hydrogens is 357 g/mol. The van der Waals surface area contributed by atoms with Gasteiger partial charge in [0.25, 0.3) is 0 Å². The highest BCUT2D eigenvalue weighted by atomic mass is 19.4. The minimum atomic E-state index is -4.91. The van der Waals surface area contributed by atoms with Crippen LogP contribution in [0, 0.1) is 0 Å². The fourth-order valence-electron chi connectivity index (χ4n) is 2.39. The molecule has 142 valence electrons. The zero-order chi connectivity index (χ0) is 19.9. The molecule has 2 rings (SSSR count). The molecular formula is C20H19F3N2O2. The summed E-state index contributed by atoms with van der Waals surface area (Å²) in [5.41, 5.74) is 1.79. The van der Waals surface area contributed by atoms with E-state index in [1.807, 2.05) is 30.3 Å². The lowest BCUT2D eigenvalue weighted by Crippen LogP contribution is -2.40. The summed E-state index contributed by atoms with van der Waals surface area (Å²) >= 11 is 0. The van der Waals surface area contributed by atoms with Crippen molar-refractivity contribution in [3.05, 3.63) is 71.8 Å². The van der Waals surface area contributed by atoms with Gasteiger partial charge < -0.3 is 10.2 Å². The van der Waals surface area contributed by atoms with Crippen molar-refractivity contribution in [1.29, 1.82) is 0 Å². The van der Waals surface area contributed by atoms with Crippen LogP contribution in [-0.2, 0) is 16.1 Å². The summed E-state index contributed by atoms with van der Waals surface area (Å²) < 4.78 is 37.8. The van der Waals surface area contributed by atoms with Crippen LogP contribution in [0.25, 0.3) is 6.08 Å². The van der Waals surface area contributed by atoms with Crippen LogP contribution in [0.15, 0.2) is 60.7 Å². The van der Waals surface area contributed by atoms with E-state index >= 15 is 0 Å². The molecule has 0 unspecified atom stereocenters. The minimum absolute atomic E-state index is 0.0747. The fraction of sp³-hybridized carbons (Fsp3) is 0.200. The number of hydrogen-bond donors (Lipinski definition) is 1. The molecule has 0 saturated carbocycles. The summed E-state index contributed by atoms with van der Waals surface area (Å²) in [6, 6.07) is 15.6. The molecule has 0 heterocycles. The van der Waals surface area contributed by atoms with Gasteiger partial charge in [0.1, 0.15) is 0 Å². The molecule has 0 saturated heterocycles. The van der Waals surface area contributed by atoms with Crippen LogP contribution >= 0.6 is 0 Å². The van der Waals surface area contributed by atoms with Gasteiger partial charge in [-0.15, -0.1) is 0 Å². The molecule has 0 aliphatic heterocycles. The van der Waals surface area contributed by atoms with Crippen molar-refractivity contribution >= 4 is 23.6 Å². The van der Waals surface area contributed by atoms with E-state index in [1.165, 1.54) is 13.0 Å². The number of hydrogen-bond acceptors (Lipinski definition) is 2. The second-order valence-corrected chi connectivity index (χ2v) is 5.75. The molecule has 0 aromatic heterocycles. The molecule has 2 aromatic rings. The SMILES string of the molecule is CCN(Cc1cccc(NC(=O)C=Cc2ccccc2)c1)C(=O)C(F)(F)F. The van der Waals surface area contributed by atoms with Gasteiger partial charge in [-0.2, -0.15) is 13.2 Å². The summed E-state index contributed by atoms with van der Waals surface area (Å²) in [5.74, 6) is -2.25. The van der Waals surface area contributed by atoms with Gasteiger partial charge in [0.15, 0.2) is 0 Å². The lowest BCUT2D eigenvalue weighted by atomic mass is 10.1. The third kappa shape index (κ3) is 6.29. The van der Waals surface area contributed by atoms with Gasteiger partial charge in [-0.25, -0.2) is 0 Å². The fourth-order valence-corrected chi connectivity index (χ4v) is 2.39. The van der Waals surface area contributed by atoms with Gasteiger partial charge in [0, 0.05) is 24.9 Å². The molecule has 2 amide bonds. The third-order valence-electron chi connectivity index (χ3n) is 3.71. The molecule has 7 heteroatoms. The first kappa shape index (κ1) is 20.2. The Hall–Kier alpha value is -3.09. The number of anilines is 1. The van der Waals surface area contributed by atoms with Crippen LogP contribution in [-0.4, -0.2) is 29.4 Å². The topological polar surface area (TPSA) is 49.4 Å². The molecule has 27 heavy (non-hydrogen) atoms. The predicted octanol–water partition coefficient (Wildman–Crippen LogP) is 4.25. The lowest BCUT2D eigenvalue weighted by molar-refractivity contribution is -0.185. The molecule has 0 aliphatic rings. The second-order valence-electron chi connectivity index (χ2n) is 5.75. The Balaban J connectivity index is 2.03. The van der Waals surface area contributed by atoms with Gasteiger partial charge in [0.05, 0.1) is 0 Å². The first-order valence-corrected chi connectivity index (χ1v) is 8.28. The molecule has 2 aromatic carbocycles. The zero-order valence-corrected chi connectivity index (χ0v) is 14.7. The Kier molecular flexibility index (Phi) is 6.76. The Morgan fingerprint density at radius 3 is 2.41 bits per heavy atom. The smallest absolute Gasteiger partial charge is 0.331 e. The first-order valence-electron chi connectivity index (χ1n) is 8.28. The van der Waals surface area contributed by atoms with E-state index in [-0.39, 0.29) is 19.0 Å². The quantitative estimate of drug-likeness (QED) is 0.767. The molecule has 4 nitrogen and oxygen atoms in total. The molecule has 0 aliphatic carbocycles. The number of carbonyl (C=O) groups excluding carboxylic acids is 2. The van der Waals surface area contributed by atoms with Gasteiger partial charge in [-0.05, 0) is 36.3 Å². The van der Waals surface area contributed by atoms with Crippen molar-refractivity contribution in [2.75, 3.05) is 11.9 Å². The maximum absolute atomic E-state index is 12.6. The van der Waals surface area contributed by atoms with E-state index in [1.54, 1.807) is 30.3 Å². The van der Waals surface area contributed by atoms with Crippen molar-refractivity contribution in [2.45, 2.75) is 19.6 Å². The Morgan fingerprint density at radius 1 is 1.07 bits per heavy atom. The highest BCUT2D eigenvalue weighted by molar-refractivity contribution is 6.01. The van der Waals surface area contributed by atoms with Gasteiger partial charge in [0.2, 0.25) is 5.91 Å². The molecule has 0 radical (unpaired) electrons. The maximum atomic E-state index is 12.6. The van der Waals surface area contributed by atoms with Crippen molar-refractivity contribution in [2.24, 2.45) is 0 Å². The summed E-state index contributed by atoms with van der Waals surface area (Å²) in [5, 5.41) is 2.65. The summed E-state index contributed by atoms with van der Waals surface area (Å²) in [4.78, 5) is 24.1. The number of alkyl halides is 3. The van der Waals surface area contributed by atoms with Crippen LogP contribution < -0.4 is 5.32 Å². The third-order valence-corrected chi connectivity index (χ3v) is 3.71. The van der Waals surface area contributed by atoms with E-state index in [2.05, 4.69) is 5.32 Å². The number of nitrogens with zero attached hydrogens (tertiary/aromatic N) is 1. The van der Waals surface area contributed by atoms with E-state index in [0.29, 0.717) is 16.2 Å². The Bertz CT molecular complexity index is 817. The standard InChI is InChI=1S/C20H19F3N2O2/c1-2-25(19(27)20(21,22)23)14-16-9-6-10-17(13-16)24-18(26)12-11-15-7-4-3-5-8-15/h3-13H,2,14H2,1H3,(H,24,26).